The van der Waals surface area contributed by atoms with Gasteiger partial charge in [0.05, 0.1) is 10.4 Å². The van der Waals surface area contributed by atoms with Crippen molar-refractivity contribution in [2.24, 2.45) is 5.92 Å². The number of hydrogen-bond acceptors (Lipinski definition) is 7. The Kier molecular flexibility index (Phi) is 5.00. The lowest BCUT2D eigenvalue weighted by molar-refractivity contribution is -0.121. The number of nitrogens with zero attached hydrogens (tertiary/aromatic N) is 4. The lowest BCUT2D eigenvalue weighted by Crippen LogP contribution is -2.36. The molecule has 140 valence electrons. The van der Waals surface area contributed by atoms with Crippen LogP contribution in [0.25, 0.3) is 21.3 Å². The van der Waals surface area contributed by atoms with Gasteiger partial charge in [0.15, 0.2) is 5.13 Å². The number of anilines is 2. The van der Waals surface area contributed by atoms with Crippen LogP contribution in [0.4, 0.5) is 11.1 Å². The van der Waals surface area contributed by atoms with E-state index >= 15 is 0 Å². The zero-order valence-electron chi connectivity index (χ0n) is 15.4. The minimum Gasteiger partial charge on any atom is -0.365 e. The molecule has 0 spiro atoms. The number of carbonyl (C=O) groups excluding carboxylic acids is 1. The van der Waals surface area contributed by atoms with E-state index in [1.165, 1.54) is 0 Å². The molecule has 0 aliphatic carbocycles. The summed E-state index contributed by atoms with van der Waals surface area (Å²) in [6.45, 7) is 1.90. The number of aromatic nitrogens is 3. The molecule has 1 aliphatic heterocycles. The largest absolute Gasteiger partial charge is 0.365 e. The Bertz CT molecular complexity index is 964. The summed E-state index contributed by atoms with van der Waals surface area (Å²) in [5, 5.41) is 7.76. The smallest absolute Gasteiger partial charge is 0.229 e. The molecule has 2 N–H and O–H groups in total. The number of benzene rings is 1. The average Bonchev–Trinajstić information content (AvgIpc) is 3.17. The van der Waals surface area contributed by atoms with Crippen LogP contribution in [0.2, 0.25) is 0 Å². The molecule has 1 saturated heterocycles. The van der Waals surface area contributed by atoms with Gasteiger partial charge in [0, 0.05) is 30.7 Å². The van der Waals surface area contributed by atoms with Crippen molar-refractivity contribution < 1.29 is 4.79 Å². The van der Waals surface area contributed by atoms with Gasteiger partial charge in [-0.25, -0.2) is 15.0 Å². The maximum Gasteiger partial charge on any atom is 0.229 e. The van der Waals surface area contributed by atoms with Gasteiger partial charge in [-0.2, -0.15) is 0 Å². The highest BCUT2D eigenvalue weighted by atomic mass is 32.1. The maximum absolute atomic E-state index is 12.5. The first kappa shape index (κ1) is 17.8. The fourth-order valence-electron chi connectivity index (χ4n) is 3.24. The molecule has 1 aromatic carbocycles. The monoisotopic (exact) mass is 382 g/mol. The van der Waals surface area contributed by atoms with Gasteiger partial charge in [-0.3, -0.25) is 10.1 Å². The van der Waals surface area contributed by atoms with E-state index in [1.807, 2.05) is 31.4 Å². The Morgan fingerprint density at radius 2 is 2.04 bits per heavy atom. The van der Waals surface area contributed by atoms with E-state index in [0.29, 0.717) is 5.95 Å². The third-order valence-electron chi connectivity index (χ3n) is 4.91. The topological polar surface area (TPSA) is 83.0 Å². The highest BCUT2D eigenvalue weighted by Crippen LogP contribution is 2.30. The molecule has 1 amide bonds. The quantitative estimate of drug-likeness (QED) is 0.722. The molecule has 0 saturated carbocycles. The van der Waals surface area contributed by atoms with Crippen molar-refractivity contribution in [1.29, 1.82) is 0 Å². The highest BCUT2D eigenvalue weighted by Gasteiger charge is 2.24. The third-order valence-corrected chi connectivity index (χ3v) is 5.98. The molecule has 3 heterocycles. The lowest BCUT2D eigenvalue weighted by atomic mass is 9.96. The number of piperidine rings is 1. The predicted molar refractivity (Wildman–Crippen MR) is 109 cm³/mol. The van der Waals surface area contributed by atoms with Crippen molar-refractivity contribution >= 4 is 39.2 Å². The van der Waals surface area contributed by atoms with Crippen molar-refractivity contribution in [1.82, 2.24) is 19.9 Å². The molecule has 1 fully saturated rings. The first-order valence-electron chi connectivity index (χ1n) is 9.02. The second-order valence-corrected chi connectivity index (χ2v) is 7.84. The zero-order chi connectivity index (χ0) is 18.8. The Balaban J connectivity index is 1.54. The molecule has 0 radical (unpaired) electrons. The second-order valence-electron chi connectivity index (χ2n) is 6.81. The van der Waals surface area contributed by atoms with Crippen LogP contribution in [0.15, 0.2) is 30.6 Å². The van der Waals surface area contributed by atoms with Gasteiger partial charge in [0.25, 0.3) is 0 Å². The van der Waals surface area contributed by atoms with Crippen molar-refractivity contribution in [3.63, 3.8) is 0 Å². The van der Waals surface area contributed by atoms with Gasteiger partial charge in [0.2, 0.25) is 11.9 Å². The first-order valence-corrected chi connectivity index (χ1v) is 9.84. The fourth-order valence-corrected chi connectivity index (χ4v) is 4.01. The number of carbonyl (C=O) groups is 1. The first-order chi connectivity index (χ1) is 13.1. The summed E-state index contributed by atoms with van der Waals surface area (Å²) in [5.41, 5.74) is 1.85. The van der Waals surface area contributed by atoms with E-state index in [0.717, 1.165) is 52.4 Å². The van der Waals surface area contributed by atoms with Crippen LogP contribution in [0, 0.1) is 5.92 Å². The van der Waals surface area contributed by atoms with Gasteiger partial charge in [-0.1, -0.05) is 23.5 Å². The van der Waals surface area contributed by atoms with E-state index in [-0.39, 0.29) is 11.8 Å². The number of amides is 1. The minimum absolute atomic E-state index is 0.0136. The van der Waals surface area contributed by atoms with Crippen LogP contribution in [-0.4, -0.2) is 52.9 Å². The Hall–Kier alpha value is -2.58. The van der Waals surface area contributed by atoms with Crippen molar-refractivity contribution in [3.05, 3.63) is 30.6 Å². The summed E-state index contributed by atoms with van der Waals surface area (Å²) in [5.74, 6) is 0.410. The number of rotatable bonds is 4. The Morgan fingerprint density at radius 3 is 2.78 bits per heavy atom. The minimum atomic E-state index is 0.0136. The van der Waals surface area contributed by atoms with Gasteiger partial charge >= 0.3 is 0 Å². The van der Waals surface area contributed by atoms with Crippen molar-refractivity contribution in [3.8, 4) is 10.4 Å². The summed E-state index contributed by atoms with van der Waals surface area (Å²) in [6, 6.07) is 6.04. The number of nitrogens with one attached hydrogen (secondary N) is 2. The lowest BCUT2D eigenvalue weighted by Gasteiger charge is -2.27. The van der Waals surface area contributed by atoms with Crippen LogP contribution in [0.5, 0.6) is 0 Å². The molecule has 4 rings (SSSR count). The number of thiazole rings is 1. The normalized spacial score (nSPS) is 15.8. The zero-order valence-corrected chi connectivity index (χ0v) is 16.2. The molecule has 8 heteroatoms. The summed E-state index contributed by atoms with van der Waals surface area (Å²) >= 11 is 1.59. The summed E-state index contributed by atoms with van der Waals surface area (Å²) < 4.78 is 0. The molecule has 2 aromatic heterocycles. The Labute approximate surface area is 161 Å². The van der Waals surface area contributed by atoms with Crippen LogP contribution < -0.4 is 10.6 Å². The van der Waals surface area contributed by atoms with Crippen molar-refractivity contribution in [2.45, 2.75) is 12.8 Å². The molecule has 7 nitrogen and oxygen atoms in total. The predicted octanol–water partition coefficient (Wildman–Crippen LogP) is 3.08. The van der Waals surface area contributed by atoms with Crippen LogP contribution >= 0.6 is 11.3 Å². The molecule has 1 aliphatic rings. The van der Waals surface area contributed by atoms with E-state index < -0.39 is 0 Å². The van der Waals surface area contributed by atoms with Crippen molar-refractivity contribution in [2.75, 3.05) is 37.8 Å². The molecular weight excluding hydrogens is 360 g/mol. The van der Waals surface area contributed by atoms with E-state index in [4.69, 9.17) is 0 Å². The van der Waals surface area contributed by atoms with Crippen LogP contribution in [-0.2, 0) is 4.79 Å². The standard InChI is InChI=1S/C19H22N6OS/c1-20-19-22-11-16(27-19)13-3-4-14-10-21-18(23-15(14)9-13)24-17(26)12-5-7-25(2)8-6-12/h3-4,9-12H,5-8H2,1-2H3,(H,20,22)(H,21,23,24,26). The Morgan fingerprint density at radius 1 is 1.22 bits per heavy atom. The number of hydrogen-bond donors (Lipinski definition) is 2. The third kappa shape index (κ3) is 3.91. The van der Waals surface area contributed by atoms with Crippen LogP contribution in [0.1, 0.15) is 12.8 Å². The molecule has 3 aromatic rings. The molecule has 0 bridgehead atoms. The van der Waals surface area contributed by atoms with E-state index in [2.05, 4.69) is 37.5 Å². The van der Waals surface area contributed by atoms with E-state index in [1.54, 1.807) is 17.5 Å². The maximum atomic E-state index is 12.5. The van der Waals surface area contributed by atoms with E-state index in [9.17, 15) is 4.79 Å². The van der Waals surface area contributed by atoms with Crippen LogP contribution in [0.3, 0.4) is 0 Å². The molecule has 0 atom stereocenters. The average molecular weight is 382 g/mol. The summed E-state index contributed by atoms with van der Waals surface area (Å²) in [4.78, 5) is 29.0. The number of fused-ring (bicyclic) bond motifs is 1. The van der Waals surface area contributed by atoms with Gasteiger partial charge in [0.1, 0.15) is 0 Å². The molecular formula is C19H22N6OS. The molecule has 27 heavy (non-hydrogen) atoms. The van der Waals surface area contributed by atoms with Gasteiger partial charge in [-0.15, -0.1) is 0 Å². The van der Waals surface area contributed by atoms with Gasteiger partial charge < -0.3 is 10.2 Å². The molecule has 0 unspecified atom stereocenters. The van der Waals surface area contributed by atoms with Gasteiger partial charge in [-0.05, 0) is 44.6 Å². The second kappa shape index (κ2) is 7.58. The number of likely N-dealkylation sites (tertiary alicyclic amines) is 1. The summed E-state index contributed by atoms with van der Waals surface area (Å²) in [6.07, 6.45) is 5.35. The SMILES string of the molecule is CNc1ncc(-c2ccc3cnc(NC(=O)C4CCN(C)CC4)nc3c2)s1. The fraction of sp³-hybridized carbons (Fsp3) is 0.368. The summed E-state index contributed by atoms with van der Waals surface area (Å²) in [7, 11) is 3.94. The highest BCUT2D eigenvalue weighted by molar-refractivity contribution is 7.18.